The Morgan fingerprint density at radius 3 is 2.17 bits per heavy atom. The molecule has 0 bridgehead atoms. The zero-order valence-corrected chi connectivity index (χ0v) is 12.8. The summed E-state index contributed by atoms with van der Waals surface area (Å²) in [5, 5.41) is 0. The van der Waals surface area contributed by atoms with Crippen LogP contribution < -0.4 is 0 Å². The Kier molecular flexibility index (Phi) is 4.64. The standard InChI is InChI=1S/C17H24S/c1-7-8-12-15(2)18(6,17(3,4)5)16-13-10-9-11-14-16/h7-14H,1-2H2,3-6H3/b12-8-. The van der Waals surface area contributed by atoms with Gasteiger partial charge >= 0.3 is 0 Å². The lowest BCUT2D eigenvalue weighted by Gasteiger charge is -2.49. The van der Waals surface area contributed by atoms with Crippen molar-refractivity contribution in [3.8, 4) is 0 Å². The summed E-state index contributed by atoms with van der Waals surface area (Å²) in [5.41, 5.74) is 0. The van der Waals surface area contributed by atoms with Crippen molar-refractivity contribution in [1.82, 2.24) is 0 Å². The number of allylic oxidation sites excluding steroid dienone is 3. The molecular formula is C17H24S. The van der Waals surface area contributed by atoms with Gasteiger partial charge in [-0.2, -0.15) is 10.0 Å². The van der Waals surface area contributed by atoms with E-state index >= 15 is 0 Å². The summed E-state index contributed by atoms with van der Waals surface area (Å²) in [6.45, 7) is 14.9. The first-order valence-corrected chi connectivity index (χ1v) is 8.19. The fourth-order valence-electron chi connectivity index (χ4n) is 1.90. The molecule has 0 aliphatic rings. The van der Waals surface area contributed by atoms with Gasteiger partial charge in [0.1, 0.15) is 0 Å². The molecule has 0 saturated carbocycles. The molecule has 0 spiro atoms. The predicted molar refractivity (Wildman–Crippen MR) is 86.5 cm³/mol. The van der Waals surface area contributed by atoms with Crippen LogP contribution in [0.2, 0.25) is 0 Å². The molecule has 0 nitrogen and oxygen atoms in total. The third-order valence-corrected chi connectivity index (χ3v) is 8.23. The number of rotatable bonds is 4. The van der Waals surface area contributed by atoms with Crippen molar-refractivity contribution in [2.75, 3.05) is 6.26 Å². The van der Waals surface area contributed by atoms with E-state index in [4.69, 9.17) is 0 Å². The molecule has 0 radical (unpaired) electrons. The Balaban J connectivity index is 3.33. The van der Waals surface area contributed by atoms with E-state index in [1.165, 1.54) is 9.80 Å². The van der Waals surface area contributed by atoms with E-state index in [0.717, 1.165) is 0 Å². The Hall–Kier alpha value is -1.21. The van der Waals surface area contributed by atoms with Gasteiger partial charge in [0.2, 0.25) is 0 Å². The van der Waals surface area contributed by atoms with Gasteiger partial charge in [0.25, 0.3) is 0 Å². The number of hydrogen-bond acceptors (Lipinski definition) is 0. The van der Waals surface area contributed by atoms with E-state index in [1.54, 1.807) is 6.08 Å². The number of hydrogen-bond donors (Lipinski definition) is 0. The fraction of sp³-hybridized carbons (Fsp3) is 0.294. The summed E-state index contributed by atoms with van der Waals surface area (Å²) in [6.07, 6.45) is 8.22. The fourth-order valence-corrected chi connectivity index (χ4v) is 4.75. The molecule has 0 heterocycles. The van der Waals surface area contributed by atoms with Crippen LogP contribution >= 0.6 is 10.0 Å². The van der Waals surface area contributed by atoms with Crippen molar-refractivity contribution < 1.29 is 0 Å². The molecule has 18 heavy (non-hydrogen) atoms. The van der Waals surface area contributed by atoms with Crippen molar-refractivity contribution >= 4 is 10.0 Å². The van der Waals surface area contributed by atoms with Gasteiger partial charge in [-0.1, -0.05) is 70.4 Å². The van der Waals surface area contributed by atoms with Gasteiger partial charge in [0.15, 0.2) is 0 Å². The smallest absolute Gasteiger partial charge is 0.000803 e. The second-order valence-electron chi connectivity index (χ2n) is 5.41. The molecule has 0 fully saturated rings. The highest BCUT2D eigenvalue weighted by molar-refractivity contribution is 8.37. The van der Waals surface area contributed by atoms with E-state index < -0.39 is 10.0 Å². The summed E-state index contributed by atoms with van der Waals surface area (Å²) in [7, 11) is -1.11. The second kappa shape index (κ2) is 5.62. The van der Waals surface area contributed by atoms with Crippen LogP contribution in [0.3, 0.4) is 0 Å². The Labute approximate surface area is 113 Å². The monoisotopic (exact) mass is 260 g/mol. The summed E-state index contributed by atoms with van der Waals surface area (Å²) >= 11 is 0. The van der Waals surface area contributed by atoms with Gasteiger partial charge in [-0.25, -0.2) is 0 Å². The Morgan fingerprint density at radius 1 is 1.17 bits per heavy atom. The average Bonchev–Trinajstić information content (AvgIpc) is 2.34. The summed E-state index contributed by atoms with van der Waals surface area (Å²) < 4.78 is 0.178. The molecule has 1 atom stereocenters. The maximum atomic E-state index is 4.31. The van der Waals surface area contributed by atoms with Gasteiger partial charge in [-0.15, -0.1) is 0 Å². The van der Waals surface area contributed by atoms with Crippen LogP contribution in [0, 0.1) is 0 Å². The van der Waals surface area contributed by atoms with Gasteiger partial charge < -0.3 is 0 Å². The van der Waals surface area contributed by atoms with Crippen molar-refractivity contribution in [3.05, 3.63) is 66.6 Å². The van der Waals surface area contributed by atoms with Gasteiger partial charge in [-0.05, 0) is 32.9 Å². The summed E-state index contributed by atoms with van der Waals surface area (Å²) in [4.78, 5) is 2.58. The first-order valence-electron chi connectivity index (χ1n) is 6.15. The van der Waals surface area contributed by atoms with Crippen molar-refractivity contribution in [3.63, 3.8) is 0 Å². The first-order chi connectivity index (χ1) is 8.34. The van der Waals surface area contributed by atoms with Crippen molar-refractivity contribution in [2.45, 2.75) is 30.4 Å². The second-order valence-corrected chi connectivity index (χ2v) is 9.46. The van der Waals surface area contributed by atoms with Crippen LogP contribution in [0.4, 0.5) is 0 Å². The molecule has 1 heteroatoms. The van der Waals surface area contributed by atoms with Crippen LogP contribution in [0.5, 0.6) is 0 Å². The van der Waals surface area contributed by atoms with Crippen LogP contribution in [-0.2, 0) is 0 Å². The quantitative estimate of drug-likeness (QED) is 0.624. The molecule has 1 aromatic carbocycles. The van der Waals surface area contributed by atoms with Crippen molar-refractivity contribution in [2.24, 2.45) is 0 Å². The zero-order chi connectivity index (χ0) is 13.8. The van der Waals surface area contributed by atoms with E-state index in [-0.39, 0.29) is 4.75 Å². The highest BCUT2D eigenvalue weighted by atomic mass is 32.3. The van der Waals surface area contributed by atoms with E-state index in [0.29, 0.717) is 0 Å². The molecule has 0 amide bonds. The minimum atomic E-state index is -1.11. The molecule has 1 rings (SSSR count). The molecule has 98 valence electrons. The lowest BCUT2D eigenvalue weighted by Crippen LogP contribution is -2.25. The predicted octanol–water partition coefficient (Wildman–Crippen LogP) is 5.53. The van der Waals surface area contributed by atoms with Crippen molar-refractivity contribution in [1.29, 1.82) is 0 Å². The highest BCUT2D eigenvalue weighted by Crippen LogP contribution is 2.67. The molecule has 0 aliphatic heterocycles. The van der Waals surface area contributed by atoms with Crippen LogP contribution in [-0.4, -0.2) is 11.0 Å². The van der Waals surface area contributed by atoms with Crippen LogP contribution in [0.25, 0.3) is 0 Å². The zero-order valence-electron chi connectivity index (χ0n) is 11.9. The van der Waals surface area contributed by atoms with E-state index in [9.17, 15) is 0 Å². The third-order valence-electron chi connectivity index (χ3n) is 3.38. The maximum Gasteiger partial charge on any atom is -0.000803 e. The normalized spacial score (nSPS) is 17.1. The van der Waals surface area contributed by atoms with Crippen LogP contribution in [0.1, 0.15) is 20.8 Å². The van der Waals surface area contributed by atoms with E-state index in [2.05, 4.69) is 76.6 Å². The molecular weight excluding hydrogens is 236 g/mol. The minimum absolute atomic E-state index is 0.178. The van der Waals surface area contributed by atoms with E-state index in [1.807, 2.05) is 6.08 Å². The largest absolute Gasteiger partial charge is 0.186 e. The molecule has 0 saturated heterocycles. The molecule has 1 aromatic rings. The topological polar surface area (TPSA) is 0 Å². The van der Waals surface area contributed by atoms with Gasteiger partial charge in [0.05, 0.1) is 0 Å². The van der Waals surface area contributed by atoms with Gasteiger partial charge in [0, 0.05) is 0 Å². The molecule has 0 N–H and O–H groups in total. The van der Waals surface area contributed by atoms with Gasteiger partial charge in [-0.3, -0.25) is 0 Å². The minimum Gasteiger partial charge on any atom is -0.186 e. The SMILES string of the molecule is C=C/C=C\C(=C)S(C)(c1ccccc1)C(C)(C)C. The lowest BCUT2D eigenvalue weighted by molar-refractivity contribution is 0.787. The molecule has 0 aromatic heterocycles. The van der Waals surface area contributed by atoms with Crippen LogP contribution in [0.15, 0.2) is 71.5 Å². The third kappa shape index (κ3) is 2.78. The average molecular weight is 260 g/mol. The lowest BCUT2D eigenvalue weighted by atomic mass is 10.3. The first kappa shape index (κ1) is 14.8. The summed E-state index contributed by atoms with van der Waals surface area (Å²) in [5.74, 6) is 0. The maximum absolute atomic E-state index is 4.31. The Bertz CT molecular complexity index is 448. The number of benzene rings is 1. The molecule has 0 aliphatic carbocycles. The highest BCUT2D eigenvalue weighted by Gasteiger charge is 2.35. The Morgan fingerprint density at radius 2 is 1.72 bits per heavy atom. The molecule has 1 unspecified atom stereocenters. The summed E-state index contributed by atoms with van der Waals surface area (Å²) in [6, 6.07) is 10.7.